The number of aromatic nitrogens is 2. The van der Waals surface area contributed by atoms with Crippen molar-refractivity contribution in [2.24, 2.45) is 0 Å². The number of methoxy groups -OCH3 is 1. The minimum atomic E-state index is -0.195. The third-order valence-corrected chi connectivity index (χ3v) is 4.28. The van der Waals surface area contributed by atoms with Gasteiger partial charge in [-0.1, -0.05) is 25.0 Å². The summed E-state index contributed by atoms with van der Waals surface area (Å²) >= 11 is 0. The first-order chi connectivity index (χ1) is 10.8. The fraction of sp³-hybridized carbons (Fsp3) is 0.500. The number of aliphatic hydroxyl groups excluding tert-OH is 1. The average molecular weight is 303 g/mol. The van der Waals surface area contributed by atoms with Gasteiger partial charge in [-0.2, -0.15) is 0 Å². The van der Waals surface area contributed by atoms with E-state index in [1.165, 1.54) is 0 Å². The summed E-state index contributed by atoms with van der Waals surface area (Å²) in [6.45, 7) is 0.600. The van der Waals surface area contributed by atoms with E-state index >= 15 is 0 Å². The summed E-state index contributed by atoms with van der Waals surface area (Å²) < 4.78 is 11.0. The topological polar surface area (TPSA) is 80.4 Å². The standard InChI is InChI=1S/C16H21N3O3/c1-21-13-7-3-2-6-12(13)15-19-18-14(22-15)10-17-16(11-20)8-4-5-9-16/h2-3,6-7,17,20H,4-5,8-11H2,1H3. The molecule has 1 aromatic carbocycles. The molecule has 1 aromatic heterocycles. The number of ether oxygens (including phenoxy) is 1. The van der Waals surface area contributed by atoms with Gasteiger partial charge in [-0.05, 0) is 25.0 Å². The first kappa shape index (κ1) is 15.0. The Morgan fingerprint density at radius 2 is 2.05 bits per heavy atom. The largest absolute Gasteiger partial charge is 0.496 e. The monoisotopic (exact) mass is 303 g/mol. The number of nitrogens with one attached hydrogen (secondary N) is 1. The van der Waals surface area contributed by atoms with Gasteiger partial charge >= 0.3 is 0 Å². The lowest BCUT2D eigenvalue weighted by Crippen LogP contribution is -2.45. The summed E-state index contributed by atoms with van der Waals surface area (Å²) in [6, 6.07) is 7.54. The molecule has 0 radical (unpaired) electrons. The van der Waals surface area contributed by atoms with Crippen LogP contribution in [-0.4, -0.2) is 34.6 Å². The Bertz CT molecular complexity index is 621. The van der Waals surface area contributed by atoms with E-state index in [1.54, 1.807) is 7.11 Å². The van der Waals surface area contributed by atoms with Crippen LogP contribution in [0.25, 0.3) is 11.5 Å². The highest BCUT2D eigenvalue weighted by molar-refractivity contribution is 5.62. The summed E-state index contributed by atoms with van der Waals surface area (Å²) in [5, 5.41) is 21.1. The molecule has 1 heterocycles. The van der Waals surface area contributed by atoms with Crippen LogP contribution in [-0.2, 0) is 6.54 Å². The lowest BCUT2D eigenvalue weighted by Gasteiger charge is -2.27. The van der Waals surface area contributed by atoms with E-state index in [9.17, 15) is 5.11 Å². The molecule has 0 aliphatic heterocycles. The van der Waals surface area contributed by atoms with Gasteiger partial charge in [0.15, 0.2) is 0 Å². The lowest BCUT2D eigenvalue weighted by atomic mass is 9.99. The molecule has 1 saturated carbocycles. The van der Waals surface area contributed by atoms with Crippen LogP contribution in [0, 0.1) is 0 Å². The Balaban J connectivity index is 1.71. The third kappa shape index (κ3) is 2.98. The molecule has 2 aromatic rings. The zero-order valence-corrected chi connectivity index (χ0v) is 12.7. The molecule has 6 nitrogen and oxygen atoms in total. The van der Waals surface area contributed by atoms with Crippen LogP contribution in [0.2, 0.25) is 0 Å². The average Bonchev–Trinajstić information content (AvgIpc) is 3.23. The molecule has 0 atom stereocenters. The molecule has 1 aliphatic carbocycles. The number of benzene rings is 1. The zero-order valence-electron chi connectivity index (χ0n) is 12.7. The summed E-state index contributed by atoms with van der Waals surface area (Å²) in [7, 11) is 1.61. The molecule has 22 heavy (non-hydrogen) atoms. The second-order valence-electron chi connectivity index (χ2n) is 5.70. The smallest absolute Gasteiger partial charge is 0.251 e. The fourth-order valence-electron chi connectivity index (χ4n) is 2.96. The molecule has 0 amide bonds. The minimum Gasteiger partial charge on any atom is -0.496 e. The molecule has 3 rings (SSSR count). The highest BCUT2D eigenvalue weighted by Crippen LogP contribution is 2.30. The van der Waals surface area contributed by atoms with Crippen LogP contribution in [0.3, 0.4) is 0 Å². The van der Waals surface area contributed by atoms with Crippen molar-refractivity contribution in [1.29, 1.82) is 0 Å². The number of aliphatic hydroxyl groups is 1. The van der Waals surface area contributed by atoms with Crippen molar-refractivity contribution in [3.8, 4) is 17.2 Å². The number of hydrogen-bond donors (Lipinski definition) is 2. The Morgan fingerprint density at radius 3 is 2.77 bits per heavy atom. The van der Waals surface area contributed by atoms with Gasteiger partial charge < -0.3 is 19.6 Å². The van der Waals surface area contributed by atoms with Gasteiger partial charge in [0.25, 0.3) is 5.89 Å². The van der Waals surface area contributed by atoms with Crippen molar-refractivity contribution in [3.05, 3.63) is 30.2 Å². The van der Waals surface area contributed by atoms with Gasteiger partial charge in [0, 0.05) is 5.54 Å². The van der Waals surface area contributed by atoms with Crippen LogP contribution in [0.5, 0.6) is 5.75 Å². The molecule has 6 heteroatoms. The first-order valence-corrected chi connectivity index (χ1v) is 7.58. The molecule has 1 aliphatic rings. The molecular weight excluding hydrogens is 282 g/mol. The van der Waals surface area contributed by atoms with Crippen molar-refractivity contribution < 1.29 is 14.3 Å². The van der Waals surface area contributed by atoms with Gasteiger partial charge in [-0.15, -0.1) is 10.2 Å². The SMILES string of the molecule is COc1ccccc1-c1nnc(CNC2(CO)CCCC2)o1. The second kappa shape index (κ2) is 6.46. The summed E-state index contributed by atoms with van der Waals surface area (Å²) in [4.78, 5) is 0. The maximum absolute atomic E-state index is 9.60. The van der Waals surface area contributed by atoms with Crippen LogP contribution in [0.1, 0.15) is 31.6 Å². The van der Waals surface area contributed by atoms with Gasteiger partial charge in [0.1, 0.15) is 5.75 Å². The number of hydrogen-bond acceptors (Lipinski definition) is 6. The molecule has 0 unspecified atom stereocenters. The van der Waals surface area contributed by atoms with Crippen molar-refractivity contribution in [3.63, 3.8) is 0 Å². The van der Waals surface area contributed by atoms with Crippen molar-refractivity contribution in [2.45, 2.75) is 37.8 Å². The Morgan fingerprint density at radius 1 is 1.27 bits per heavy atom. The van der Waals surface area contributed by atoms with Gasteiger partial charge in [0.05, 0.1) is 25.8 Å². The molecule has 118 valence electrons. The van der Waals surface area contributed by atoms with E-state index < -0.39 is 0 Å². The molecule has 2 N–H and O–H groups in total. The van der Waals surface area contributed by atoms with Crippen LogP contribution in [0.4, 0.5) is 0 Å². The highest BCUT2D eigenvalue weighted by Gasteiger charge is 2.32. The second-order valence-corrected chi connectivity index (χ2v) is 5.70. The fourth-order valence-corrected chi connectivity index (χ4v) is 2.96. The lowest BCUT2D eigenvalue weighted by molar-refractivity contribution is 0.159. The van der Waals surface area contributed by atoms with E-state index in [0.717, 1.165) is 31.2 Å². The highest BCUT2D eigenvalue weighted by atomic mass is 16.5. The Hall–Kier alpha value is -1.92. The summed E-state index contributed by atoms with van der Waals surface area (Å²) in [5.74, 6) is 1.66. The Kier molecular flexibility index (Phi) is 4.40. The van der Waals surface area contributed by atoms with Crippen molar-refractivity contribution in [1.82, 2.24) is 15.5 Å². The van der Waals surface area contributed by atoms with Gasteiger partial charge in [-0.3, -0.25) is 0 Å². The van der Waals surface area contributed by atoms with Crippen LogP contribution < -0.4 is 10.1 Å². The number of para-hydroxylation sites is 1. The number of rotatable bonds is 6. The van der Waals surface area contributed by atoms with Gasteiger partial charge in [-0.25, -0.2) is 0 Å². The molecule has 0 spiro atoms. The summed E-state index contributed by atoms with van der Waals surface area (Å²) in [5.41, 5.74) is 0.584. The first-order valence-electron chi connectivity index (χ1n) is 7.58. The third-order valence-electron chi connectivity index (χ3n) is 4.28. The van der Waals surface area contributed by atoms with Gasteiger partial charge in [0.2, 0.25) is 5.89 Å². The molecule has 0 saturated heterocycles. The maximum atomic E-state index is 9.60. The van der Waals surface area contributed by atoms with Crippen molar-refractivity contribution in [2.75, 3.05) is 13.7 Å². The normalized spacial score (nSPS) is 16.8. The van der Waals surface area contributed by atoms with E-state index in [1.807, 2.05) is 24.3 Å². The van der Waals surface area contributed by atoms with Crippen LogP contribution >= 0.6 is 0 Å². The minimum absolute atomic E-state index is 0.139. The zero-order chi connectivity index (χ0) is 15.4. The van der Waals surface area contributed by atoms with Crippen LogP contribution in [0.15, 0.2) is 28.7 Å². The quantitative estimate of drug-likeness (QED) is 0.851. The van der Waals surface area contributed by atoms with E-state index in [0.29, 0.717) is 24.1 Å². The molecule has 0 bridgehead atoms. The number of nitrogens with zero attached hydrogens (tertiary/aromatic N) is 2. The molecular formula is C16H21N3O3. The predicted octanol–water partition coefficient (Wildman–Crippen LogP) is 2.14. The molecule has 1 fully saturated rings. The Labute approximate surface area is 129 Å². The van der Waals surface area contributed by atoms with E-state index in [2.05, 4.69) is 15.5 Å². The van der Waals surface area contributed by atoms with E-state index in [-0.39, 0.29) is 12.1 Å². The maximum Gasteiger partial charge on any atom is 0.251 e. The van der Waals surface area contributed by atoms with E-state index in [4.69, 9.17) is 9.15 Å². The van der Waals surface area contributed by atoms with Crippen molar-refractivity contribution >= 4 is 0 Å². The predicted molar refractivity (Wildman–Crippen MR) is 81.4 cm³/mol. The summed E-state index contributed by atoms with van der Waals surface area (Å²) in [6.07, 6.45) is 4.25.